The number of hydrogen-bond acceptors (Lipinski definition) is 8. The lowest BCUT2D eigenvalue weighted by atomic mass is 10.0. The van der Waals surface area contributed by atoms with Crippen molar-refractivity contribution in [1.29, 1.82) is 0 Å². The zero-order valence-electron chi connectivity index (χ0n) is 29.4. The van der Waals surface area contributed by atoms with Gasteiger partial charge in [0.25, 0.3) is 0 Å². The van der Waals surface area contributed by atoms with E-state index in [2.05, 4.69) is 29.5 Å². The van der Waals surface area contributed by atoms with E-state index in [1.54, 1.807) is 0 Å². The summed E-state index contributed by atoms with van der Waals surface area (Å²) >= 11 is 2.43. The van der Waals surface area contributed by atoms with Gasteiger partial charge in [-0.3, -0.25) is 0 Å². The first-order valence-corrected chi connectivity index (χ1v) is 20.1. The summed E-state index contributed by atoms with van der Waals surface area (Å²) in [6.45, 7) is 12.2. The molecule has 0 unspecified atom stereocenters. The highest BCUT2D eigenvalue weighted by molar-refractivity contribution is 14.1. The Kier molecular flexibility index (Phi) is 44.8. The van der Waals surface area contributed by atoms with Crippen LogP contribution >= 0.6 is 22.6 Å². The first-order valence-electron chi connectivity index (χ1n) is 18.6. The number of alkyl halides is 1. The van der Waals surface area contributed by atoms with E-state index in [1.807, 2.05) is 0 Å². The Labute approximate surface area is 292 Å². The van der Waals surface area contributed by atoms with Crippen LogP contribution in [-0.2, 0) is 37.9 Å². The molecular formula is C36H73IO8. The fourth-order valence-electron chi connectivity index (χ4n) is 4.69. The van der Waals surface area contributed by atoms with Crippen LogP contribution in [0.25, 0.3) is 0 Å². The van der Waals surface area contributed by atoms with Crippen molar-refractivity contribution < 1.29 is 37.9 Å². The predicted molar refractivity (Wildman–Crippen MR) is 194 cm³/mol. The van der Waals surface area contributed by atoms with E-state index in [9.17, 15) is 0 Å². The third kappa shape index (κ3) is 44.4. The van der Waals surface area contributed by atoms with Gasteiger partial charge < -0.3 is 37.9 Å². The quantitative estimate of drug-likeness (QED) is 0.0348. The fraction of sp³-hybridized carbons (Fsp3) is 1.00. The van der Waals surface area contributed by atoms with Crippen LogP contribution in [0.3, 0.4) is 0 Å². The molecule has 0 saturated carbocycles. The van der Waals surface area contributed by atoms with Crippen LogP contribution in [0.2, 0.25) is 0 Å². The molecule has 0 aromatic heterocycles. The molecule has 8 nitrogen and oxygen atoms in total. The highest BCUT2D eigenvalue weighted by atomic mass is 127. The van der Waals surface area contributed by atoms with Gasteiger partial charge in [-0.15, -0.1) is 0 Å². The second kappa shape index (κ2) is 44.4. The Bertz CT molecular complexity index is 462. The molecular weight excluding hydrogens is 687 g/mol. The molecule has 0 aromatic carbocycles. The number of rotatable bonds is 42. The summed E-state index contributed by atoms with van der Waals surface area (Å²) in [6, 6.07) is 0. The summed E-state index contributed by atoms with van der Waals surface area (Å²) in [4.78, 5) is 0. The van der Waals surface area contributed by atoms with Crippen LogP contribution in [0.15, 0.2) is 0 Å². The van der Waals surface area contributed by atoms with Gasteiger partial charge >= 0.3 is 0 Å². The molecule has 0 radical (unpaired) electrons. The molecule has 0 heterocycles. The largest absolute Gasteiger partial charge is 0.379 e. The standard InChI is InChI=1S/C36H73IO8/c1-2-3-4-5-6-7-8-9-10-11-12-13-15-18-21-38-23-25-40-27-29-42-31-33-44-35-36-45-34-32-43-30-28-41-26-24-39-22-19-16-14-17-20-37/h2-36H2,1H3. The molecule has 9 heteroatoms. The van der Waals surface area contributed by atoms with Gasteiger partial charge in [-0.2, -0.15) is 0 Å². The minimum absolute atomic E-state index is 0.553. The molecule has 45 heavy (non-hydrogen) atoms. The van der Waals surface area contributed by atoms with Crippen LogP contribution in [0.5, 0.6) is 0 Å². The molecule has 0 spiro atoms. The highest BCUT2D eigenvalue weighted by Crippen LogP contribution is 2.13. The molecule has 0 amide bonds. The lowest BCUT2D eigenvalue weighted by Crippen LogP contribution is -2.15. The summed E-state index contributed by atoms with van der Waals surface area (Å²) in [6.07, 6.45) is 24.4. The van der Waals surface area contributed by atoms with Gasteiger partial charge in [-0.05, 0) is 23.7 Å². The maximum absolute atomic E-state index is 5.68. The summed E-state index contributed by atoms with van der Waals surface area (Å²) in [5.74, 6) is 0. The smallest absolute Gasteiger partial charge is 0.0701 e. The van der Waals surface area contributed by atoms with Gasteiger partial charge in [0.05, 0.1) is 92.5 Å². The van der Waals surface area contributed by atoms with Crippen molar-refractivity contribution in [3.63, 3.8) is 0 Å². The third-order valence-electron chi connectivity index (χ3n) is 7.42. The molecule has 0 bridgehead atoms. The zero-order chi connectivity index (χ0) is 32.4. The minimum Gasteiger partial charge on any atom is -0.379 e. The van der Waals surface area contributed by atoms with E-state index in [0.29, 0.717) is 92.5 Å². The second-order valence-corrected chi connectivity index (χ2v) is 12.7. The number of ether oxygens (including phenoxy) is 8. The van der Waals surface area contributed by atoms with Crippen LogP contribution in [0.1, 0.15) is 122 Å². The lowest BCUT2D eigenvalue weighted by molar-refractivity contribution is -0.0232. The number of unbranched alkanes of at least 4 members (excludes halogenated alkanes) is 16. The Morgan fingerprint density at radius 2 is 0.444 bits per heavy atom. The normalized spacial score (nSPS) is 11.6. The Morgan fingerprint density at radius 1 is 0.244 bits per heavy atom. The topological polar surface area (TPSA) is 73.8 Å². The Balaban J connectivity index is 3.03. The molecule has 0 aromatic rings. The maximum atomic E-state index is 5.68. The molecule has 0 aliphatic rings. The van der Waals surface area contributed by atoms with Crippen LogP contribution in [0, 0.1) is 0 Å². The Morgan fingerprint density at radius 3 is 0.689 bits per heavy atom. The average molecular weight is 761 g/mol. The first kappa shape index (κ1) is 45.4. The van der Waals surface area contributed by atoms with Gasteiger partial charge in [0.15, 0.2) is 0 Å². The van der Waals surface area contributed by atoms with Gasteiger partial charge in [-0.1, -0.05) is 126 Å². The maximum Gasteiger partial charge on any atom is 0.0701 e. The molecule has 0 rings (SSSR count). The van der Waals surface area contributed by atoms with Gasteiger partial charge in [0.1, 0.15) is 0 Å². The van der Waals surface area contributed by atoms with E-state index in [0.717, 1.165) is 26.1 Å². The number of halogens is 1. The third-order valence-corrected chi connectivity index (χ3v) is 8.18. The van der Waals surface area contributed by atoms with Gasteiger partial charge in [0, 0.05) is 13.2 Å². The van der Waals surface area contributed by atoms with E-state index in [4.69, 9.17) is 37.9 Å². The van der Waals surface area contributed by atoms with Gasteiger partial charge in [0.2, 0.25) is 0 Å². The predicted octanol–water partition coefficient (Wildman–Crippen LogP) is 8.60. The molecule has 0 aliphatic carbocycles. The SMILES string of the molecule is CCCCCCCCCCCCCCCCOCCOCCOCCOCCOCCOCCOCCOCCCCCCI. The highest BCUT2D eigenvalue weighted by Gasteiger charge is 1.97. The van der Waals surface area contributed by atoms with E-state index < -0.39 is 0 Å². The Hall–Kier alpha value is 0.410. The summed E-state index contributed by atoms with van der Waals surface area (Å²) in [7, 11) is 0. The van der Waals surface area contributed by atoms with Crippen molar-refractivity contribution in [2.24, 2.45) is 0 Å². The molecule has 272 valence electrons. The minimum atomic E-state index is 0.553. The van der Waals surface area contributed by atoms with Crippen molar-refractivity contribution in [3.8, 4) is 0 Å². The molecule has 0 atom stereocenters. The van der Waals surface area contributed by atoms with Crippen molar-refractivity contribution in [2.45, 2.75) is 122 Å². The van der Waals surface area contributed by atoms with Crippen molar-refractivity contribution >= 4 is 22.6 Å². The van der Waals surface area contributed by atoms with E-state index in [-0.39, 0.29) is 0 Å². The monoisotopic (exact) mass is 760 g/mol. The van der Waals surface area contributed by atoms with Crippen molar-refractivity contribution in [3.05, 3.63) is 0 Å². The van der Waals surface area contributed by atoms with Crippen molar-refractivity contribution in [2.75, 3.05) is 110 Å². The van der Waals surface area contributed by atoms with Crippen LogP contribution < -0.4 is 0 Å². The second-order valence-electron chi connectivity index (χ2n) is 11.6. The zero-order valence-corrected chi connectivity index (χ0v) is 31.6. The molecule has 0 N–H and O–H groups in total. The van der Waals surface area contributed by atoms with Crippen LogP contribution in [0.4, 0.5) is 0 Å². The lowest BCUT2D eigenvalue weighted by Gasteiger charge is -2.09. The van der Waals surface area contributed by atoms with E-state index >= 15 is 0 Å². The molecule has 0 fully saturated rings. The average Bonchev–Trinajstić information content (AvgIpc) is 3.05. The number of hydrogen-bond donors (Lipinski definition) is 0. The summed E-state index contributed by atoms with van der Waals surface area (Å²) in [5.41, 5.74) is 0. The first-order chi connectivity index (χ1) is 22.4. The summed E-state index contributed by atoms with van der Waals surface area (Å²) < 4.78 is 45.6. The van der Waals surface area contributed by atoms with Crippen LogP contribution in [-0.4, -0.2) is 110 Å². The summed E-state index contributed by atoms with van der Waals surface area (Å²) in [5, 5.41) is 0. The molecule has 0 aliphatic heterocycles. The fourth-order valence-corrected chi connectivity index (χ4v) is 5.23. The molecule has 0 saturated heterocycles. The van der Waals surface area contributed by atoms with Gasteiger partial charge in [-0.25, -0.2) is 0 Å². The van der Waals surface area contributed by atoms with E-state index in [1.165, 1.54) is 107 Å². The van der Waals surface area contributed by atoms with Crippen molar-refractivity contribution in [1.82, 2.24) is 0 Å².